The largest absolute Gasteiger partial charge is 0.477 e. The maximum atomic E-state index is 10.9. The van der Waals surface area contributed by atoms with Gasteiger partial charge in [0.05, 0.1) is 5.02 Å². The minimum atomic E-state index is -1.07. The molecule has 1 aromatic heterocycles. The van der Waals surface area contributed by atoms with Gasteiger partial charge in [-0.3, -0.25) is 0 Å². The molecule has 0 fully saturated rings. The maximum Gasteiger partial charge on any atom is 0.354 e. The second-order valence-electron chi connectivity index (χ2n) is 3.65. The SMILES string of the molecule is Cc1cc(C(=O)O)nc(-c2ccc(Cl)c(Br)c2)n1. The zero-order valence-corrected chi connectivity index (χ0v) is 11.7. The molecule has 0 unspecified atom stereocenters. The highest BCUT2D eigenvalue weighted by Crippen LogP contribution is 2.27. The van der Waals surface area contributed by atoms with Gasteiger partial charge < -0.3 is 5.11 Å². The number of hydrogen-bond donors (Lipinski definition) is 1. The van der Waals surface area contributed by atoms with Crippen LogP contribution in [0.4, 0.5) is 0 Å². The first-order valence-corrected chi connectivity index (χ1v) is 6.19. The van der Waals surface area contributed by atoms with Crippen molar-refractivity contribution < 1.29 is 9.90 Å². The fraction of sp³-hybridized carbons (Fsp3) is 0.0833. The van der Waals surface area contributed by atoms with Gasteiger partial charge in [0.1, 0.15) is 0 Å². The number of carbonyl (C=O) groups is 1. The van der Waals surface area contributed by atoms with Gasteiger partial charge in [0.2, 0.25) is 0 Å². The third-order valence-electron chi connectivity index (χ3n) is 2.25. The minimum Gasteiger partial charge on any atom is -0.477 e. The normalized spacial score (nSPS) is 10.4. The van der Waals surface area contributed by atoms with Crippen molar-refractivity contribution in [2.75, 3.05) is 0 Å². The van der Waals surface area contributed by atoms with Crippen LogP contribution in [0.2, 0.25) is 5.02 Å². The van der Waals surface area contributed by atoms with Gasteiger partial charge in [-0.1, -0.05) is 11.6 Å². The summed E-state index contributed by atoms with van der Waals surface area (Å²) in [5, 5.41) is 9.53. The molecule has 2 rings (SSSR count). The third kappa shape index (κ3) is 2.68. The standard InChI is InChI=1S/C12H8BrClN2O2/c1-6-4-10(12(17)18)16-11(15-6)7-2-3-9(14)8(13)5-7/h2-5H,1H3,(H,17,18). The van der Waals surface area contributed by atoms with Crippen LogP contribution in [-0.2, 0) is 0 Å². The van der Waals surface area contributed by atoms with Crippen LogP contribution < -0.4 is 0 Å². The monoisotopic (exact) mass is 326 g/mol. The van der Waals surface area contributed by atoms with Crippen LogP contribution in [0.5, 0.6) is 0 Å². The number of nitrogens with zero attached hydrogens (tertiary/aromatic N) is 2. The topological polar surface area (TPSA) is 63.1 Å². The van der Waals surface area contributed by atoms with Crippen LogP contribution in [-0.4, -0.2) is 21.0 Å². The molecule has 0 aliphatic carbocycles. The Morgan fingerprint density at radius 3 is 2.67 bits per heavy atom. The summed E-state index contributed by atoms with van der Waals surface area (Å²) in [7, 11) is 0. The van der Waals surface area contributed by atoms with E-state index in [0.717, 1.165) is 0 Å². The lowest BCUT2D eigenvalue weighted by atomic mass is 10.2. The van der Waals surface area contributed by atoms with E-state index in [1.807, 2.05) is 0 Å². The van der Waals surface area contributed by atoms with Crippen molar-refractivity contribution >= 4 is 33.5 Å². The summed E-state index contributed by atoms with van der Waals surface area (Å²) in [6.45, 7) is 1.72. The van der Waals surface area contributed by atoms with Gasteiger partial charge in [0.15, 0.2) is 11.5 Å². The fourth-order valence-electron chi connectivity index (χ4n) is 1.44. The molecule has 0 bridgehead atoms. The summed E-state index contributed by atoms with van der Waals surface area (Å²) in [4.78, 5) is 19.2. The first-order chi connectivity index (χ1) is 8.47. The number of aromatic carboxylic acids is 1. The van der Waals surface area contributed by atoms with Crippen molar-refractivity contribution in [2.24, 2.45) is 0 Å². The van der Waals surface area contributed by atoms with E-state index in [1.165, 1.54) is 6.07 Å². The Hall–Kier alpha value is -1.46. The molecule has 0 atom stereocenters. The summed E-state index contributed by atoms with van der Waals surface area (Å²) in [6, 6.07) is 6.63. The molecule has 92 valence electrons. The second-order valence-corrected chi connectivity index (χ2v) is 4.91. The number of aromatic nitrogens is 2. The van der Waals surface area contributed by atoms with E-state index in [2.05, 4.69) is 25.9 Å². The van der Waals surface area contributed by atoms with E-state index in [4.69, 9.17) is 16.7 Å². The highest BCUT2D eigenvalue weighted by Gasteiger charge is 2.11. The van der Waals surface area contributed by atoms with E-state index < -0.39 is 5.97 Å². The fourth-order valence-corrected chi connectivity index (χ4v) is 1.94. The molecule has 1 N–H and O–H groups in total. The summed E-state index contributed by atoms with van der Waals surface area (Å²) in [5.41, 5.74) is 1.28. The molecule has 0 radical (unpaired) electrons. The van der Waals surface area contributed by atoms with Crippen molar-refractivity contribution in [1.29, 1.82) is 0 Å². The Balaban J connectivity index is 2.56. The number of benzene rings is 1. The minimum absolute atomic E-state index is 0.0245. The first kappa shape index (κ1) is 13.0. The van der Waals surface area contributed by atoms with E-state index >= 15 is 0 Å². The Labute approximate surface area is 117 Å². The Morgan fingerprint density at radius 1 is 1.33 bits per heavy atom. The Bertz CT molecular complexity index is 631. The lowest BCUT2D eigenvalue weighted by Gasteiger charge is -2.04. The summed E-state index contributed by atoms with van der Waals surface area (Å²) in [6.07, 6.45) is 0. The van der Waals surface area contributed by atoms with Crippen molar-refractivity contribution in [3.63, 3.8) is 0 Å². The highest BCUT2D eigenvalue weighted by molar-refractivity contribution is 9.10. The van der Waals surface area contributed by atoms with Crippen LogP contribution in [0.25, 0.3) is 11.4 Å². The van der Waals surface area contributed by atoms with Gasteiger partial charge in [-0.15, -0.1) is 0 Å². The number of aryl methyl sites for hydroxylation is 1. The third-order valence-corrected chi connectivity index (χ3v) is 3.47. The van der Waals surface area contributed by atoms with Crippen molar-refractivity contribution in [1.82, 2.24) is 9.97 Å². The molecule has 2 aromatic rings. The zero-order valence-electron chi connectivity index (χ0n) is 9.32. The number of rotatable bonds is 2. The van der Waals surface area contributed by atoms with Gasteiger partial charge in [-0.05, 0) is 47.1 Å². The molecule has 0 amide bonds. The molecular formula is C12H8BrClN2O2. The van der Waals surface area contributed by atoms with Gasteiger partial charge in [-0.25, -0.2) is 14.8 Å². The summed E-state index contributed by atoms with van der Waals surface area (Å²) >= 11 is 9.20. The molecule has 0 aliphatic rings. The molecule has 18 heavy (non-hydrogen) atoms. The number of hydrogen-bond acceptors (Lipinski definition) is 3. The van der Waals surface area contributed by atoms with E-state index in [1.54, 1.807) is 25.1 Å². The predicted octanol–water partition coefficient (Wildman–Crippen LogP) is 3.57. The molecule has 0 saturated heterocycles. The van der Waals surface area contributed by atoms with Crippen LogP contribution in [0, 0.1) is 6.92 Å². The molecular weight excluding hydrogens is 320 g/mol. The van der Waals surface area contributed by atoms with Crippen LogP contribution in [0.3, 0.4) is 0 Å². The first-order valence-electron chi connectivity index (χ1n) is 5.02. The van der Waals surface area contributed by atoms with Gasteiger partial charge >= 0.3 is 5.97 Å². The Morgan fingerprint density at radius 2 is 2.06 bits per heavy atom. The molecule has 1 heterocycles. The smallest absolute Gasteiger partial charge is 0.354 e. The van der Waals surface area contributed by atoms with Crippen LogP contribution in [0.15, 0.2) is 28.7 Å². The molecule has 0 saturated carbocycles. The van der Waals surface area contributed by atoms with Crippen molar-refractivity contribution in [3.05, 3.63) is 45.1 Å². The highest BCUT2D eigenvalue weighted by atomic mass is 79.9. The molecule has 4 nitrogen and oxygen atoms in total. The van der Waals surface area contributed by atoms with Crippen LogP contribution in [0.1, 0.15) is 16.2 Å². The van der Waals surface area contributed by atoms with Gasteiger partial charge in [0.25, 0.3) is 0 Å². The molecule has 1 aromatic carbocycles. The van der Waals surface area contributed by atoms with Crippen molar-refractivity contribution in [2.45, 2.75) is 6.92 Å². The summed E-state index contributed by atoms with van der Waals surface area (Å²) in [5.74, 6) is -0.709. The van der Waals surface area contributed by atoms with E-state index in [0.29, 0.717) is 26.6 Å². The zero-order chi connectivity index (χ0) is 13.3. The average Bonchev–Trinajstić information content (AvgIpc) is 2.31. The average molecular weight is 328 g/mol. The predicted molar refractivity (Wildman–Crippen MR) is 71.9 cm³/mol. The van der Waals surface area contributed by atoms with Crippen LogP contribution >= 0.6 is 27.5 Å². The van der Waals surface area contributed by atoms with E-state index in [-0.39, 0.29) is 5.69 Å². The number of halogens is 2. The van der Waals surface area contributed by atoms with E-state index in [9.17, 15) is 4.79 Å². The maximum absolute atomic E-state index is 10.9. The van der Waals surface area contributed by atoms with Crippen molar-refractivity contribution in [3.8, 4) is 11.4 Å². The lowest BCUT2D eigenvalue weighted by molar-refractivity contribution is 0.0690. The second kappa shape index (κ2) is 5.04. The number of carboxylic acid groups (broad SMARTS) is 1. The molecule has 0 spiro atoms. The quantitative estimate of drug-likeness (QED) is 0.916. The molecule has 6 heteroatoms. The lowest BCUT2D eigenvalue weighted by Crippen LogP contribution is -2.04. The summed E-state index contributed by atoms with van der Waals surface area (Å²) < 4.78 is 0.712. The number of carboxylic acids is 1. The van der Waals surface area contributed by atoms with Gasteiger partial charge in [0, 0.05) is 15.7 Å². The van der Waals surface area contributed by atoms with Gasteiger partial charge in [-0.2, -0.15) is 0 Å². The molecule has 0 aliphatic heterocycles. The Kier molecular flexibility index (Phi) is 3.63.